The Morgan fingerprint density at radius 1 is 1.15 bits per heavy atom. The van der Waals surface area contributed by atoms with Gasteiger partial charge in [-0.25, -0.2) is 4.79 Å². The molecule has 1 atom stereocenters. The molecule has 142 valence electrons. The van der Waals surface area contributed by atoms with Gasteiger partial charge in [-0.15, -0.1) is 0 Å². The van der Waals surface area contributed by atoms with Crippen molar-refractivity contribution >= 4 is 11.9 Å². The Hall–Kier alpha value is -2.30. The molecular formula is C21H29NO4. The summed E-state index contributed by atoms with van der Waals surface area (Å²) in [5, 5.41) is 2.83. The zero-order chi connectivity index (χ0) is 18.9. The number of carbonyl (C=O) groups excluding carboxylic acids is 2. The van der Waals surface area contributed by atoms with Crippen molar-refractivity contribution in [2.45, 2.75) is 59.0 Å². The average Bonchev–Trinajstić information content (AvgIpc) is 2.60. The van der Waals surface area contributed by atoms with Gasteiger partial charge in [-0.05, 0) is 76.1 Å². The third-order valence-corrected chi connectivity index (χ3v) is 4.36. The molecule has 0 unspecified atom stereocenters. The van der Waals surface area contributed by atoms with Crippen LogP contribution in [0.3, 0.4) is 0 Å². The number of allylic oxidation sites excluding steroid dienone is 1. The molecule has 0 saturated carbocycles. The van der Waals surface area contributed by atoms with Gasteiger partial charge in [0.25, 0.3) is 5.91 Å². The highest BCUT2D eigenvalue weighted by Crippen LogP contribution is 2.19. The topological polar surface area (TPSA) is 64.6 Å². The van der Waals surface area contributed by atoms with E-state index < -0.39 is 12.1 Å². The van der Waals surface area contributed by atoms with Crippen LogP contribution in [0.1, 0.15) is 50.2 Å². The van der Waals surface area contributed by atoms with Crippen LogP contribution >= 0.6 is 0 Å². The zero-order valence-corrected chi connectivity index (χ0v) is 16.0. The molecule has 1 aromatic rings. The largest absolute Gasteiger partial charge is 0.482 e. The van der Waals surface area contributed by atoms with Gasteiger partial charge in [0.05, 0.1) is 0 Å². The first-order valence-electron chi connectivity index (χ1n) is 9.30. The Morgan fingerprint density at radius 3 is 2.54 bits per heavy atom. The lowest BCUT2D eigenvalue weighted by Crippen LogP contribution is -2.37. The van der Waals surface area contributed by atoms with Crippen LogP contribution < -0.4 is 10.1 Å². The van der Waals surface area contributed by atoms with E-state index in [4.69, 9.17) is 9.47 Å². The average molecular weight is 359 g/mol. The van der Waals surface area contributed by atoms with E-state index in [2.05, 4.69) is 11.4 Å². The number of hydrogen-bond donors (Lipinski definition) is 1. The fraction of sp³-hybridized carbons (Fsp3) is 0.524. The number of nitrogens with one attached hydrogen (secondary N) is 1. The van der Waals surface area contributed by atoms with Crippen molar-refractivity contribution < 1.29 is 19.1 Å². The molecule has 0 spiro atoms. The number of rotatable bonds is 8. The third kappa shape index (κ3) is 6.90. The van der Waals surface area contributed by atoms with Gasteiger partial charge in [-0.2, -0.15) is 0 Å². The van der Waals surface area contributed by atoms with Gasteiger partial charge in [0, 0.05) is 6.54 Å². The van der Waals surface area contributed by atoms with E-state index in [1.165, 1.54) is 18.4 Å². The number of carbonyl (C=O) groups is 2. The molecule has 2 rings (SSSR count). The first-order chi connectivity index (χ1) is 12.4. The molecule has 0 aromatic heterocycles. The highest BCUT2D eigenvalue weighted by molar-refractivity contribution is 5.83. The predicted octanol–water partition coefficient (Wildman–Crippen LogP) is 3.62. The molecule has 5 nitrogen and oxygen atoms in total. The second kappa shape index (κ2) is 10.00. The standard InChI is InChI=1S/C21H29NO4/c1-15-11-16(2)13-19(12-15)25-14-20(23)26-17(3)21(24)22-10-9-18-7-5-4-6-8-18/h7,11-13,17H,4-6,8-10,14H2,1-3H3,(H,22,24)/t17-/m1/s1. The van der Waals surface area contributed by atoms with Crippen molar-refractivity contribution in [3.8, 4) is 5.75 Å². The van der Waals surface area contributed by atoms with E-state index in [9.17, 15) is 9.59 Å². The minimum absolute atomic E-state index is 0.215. The van der Waals surface area contributed by atoms with Crippen molar-refractivity contribution in [2.75, 3.05) is 13.2 Å². The maximum atomic E-state index is 12.0. The normalized spacial score (nSPS) is 15.0. The number of hydrogen-bond acceptors (Lipinski definition) is 4. The summed E-state index contributed by atoms with van der Waals surface area (Å²) in [5.41, 5.74) is 3.53. The molecule has 1 aliphatic carbocycles. The first-order valence-corrected chi connectivity index (χ1v) is 9.30. The summed E-state index contributed by atoms with van der Waals surface area (Å²) in [4.78, 5) is 23.9. The molecule has 1 aromatic carbocycles. The molecule has 5 heteroatoms. The van der Waals surface area contributed by atoms with Gasteiger partial charge in [0.15, 0.2) is 12.7 Å². The maximum Gasteiger partial charge on any atom is 0.344 e. The van der Waals surface area contributed by atoms with Crippen LogP contribution in [0.25, 0.3) is 0 Å². The minimum Gasteiger partial charge on any atom is -0.482 e. The van der Waals surface area contributed by atoms with Crippen LogP contribution in [0.2, 0.25) is 0 Å². The van der Waals surface area contributed by atoms with E-state index in [1.807, 2.05) is 32.0 Å². The fourth-order valence-corrected chi connectivity index (χ4v) is 3.06. The Morgan fingerprint density at radius 2 is 1.88 bits per heavy atom. The number of ether oxygens (including phenoxy) is 2. The summed E-state index contributed by atoms with van der Waals surface area (Å²) < 4.78 is 10.6. The monoisotopic (exact) mass is 359 g/mol. The Labute approximate surface area is 155 Å². The summed E-state index contributed by atoms with van der Waals surface area (Å²) in [5.74, 6) is -0.208. The van der Waals surface area contributed by atoms with E-state index in [0.29, 0.717) is 12.3 Å². The van der Waals surface area contributed by atoms with Crippen LogP contribution in [0.4, 0.5) is 0 Å². The maximum absolute atomic E-state index is 12.0. The number of amides is 1. The molecular weight excluding hydrogens is 330 g/mol. The van der Waals surface area contributed by atoms with Crippen molar-refractivity contribution in [1.29, 1.82) is 0 Å². The Kier molecular flexibility index (Phi) is 7.70. The van der Waals surface area contributed by atoms with Gasteiger partial charge in [-0.3, -0.25) is 4.79 Å². The predicted molar refractivity (Wildman–Crippen MR) is 101 cm³/mol. The van der Waals surface area contributed by atoms with Gasteiger partial charge in [-0.1, -0.05) is 17.7 Å². The van der Waals surface area contributed by atoms with Crippen LogP contribution in [-0.2, 0) is 14.3 Å². The van der Waals surface area contributed by atoms with Crippen molar-refractivity contribution in [3.63, 3.8) is 0 Å². The van der Waals surface area contributed by atoms with Gasteiger partial charge in [0.2, 0.25) is 0 Å². The first kappa shape index (κ1) is 20.0. The lowest BCUT2D eigenvalue weighted by molar-refractivity contribution is -0.156. The minimum atomic E-state index is -0.828. The second-order valence-corrected chi connectivity index (χ2v) is 6.89. The summed E-state index contributed by atoms with van der Waals surface area (Å²) >= 11 is 0. The van der Waals surface area contributed by atoms with Gasteiger partial charge in [0.1, 0.15) is 5.75 Å². The molecule has 0 bridgehead atoms. The van der Waals surface area contributed by atoms with E-state index in [-0.39, 0.29) is 12.5 Å². The molecule has 0 saturated heterocycles. The number of esters is 1. The van der Waals surface area contributed by atoms with E-state index in [0.717, 1.165) is 30.4 Å². The quantitative estimate of drug-likeness (QED) is 0.569. The summed E-state index contributed by atoms with van der Waals surface area (Å²) in [7, 11) is 0. The summed E-state index contributed by atoms with van der Waals surface area (Å²) in [6, 6.07) is 5.74. The van der Waals surface area contributed by atoms with Crippen molar-refractivity contribution in [1.82, 2.24) is 5.32 Å². The van der Waals surface area contributed by atoms with E-state index >= 15 is 0 Å². The molecule has 0 heterocycles. The fourth-order valence-electron chi connectivity index (χ4n) is 3.06. The van der Waals surface area contributed by atoms with Crippen molar-refractivity contribution in [3.05, 3.63) is 41.0 Å². The molecule has 26 heavy (non-hydrogen) atoms. The summed E-state index contributed by atoms with van der Waals surface area (Å²) in [6.07, 6.45) is 7.05. The molecule has 0 radical (unpaired) electrons. The molecule has 1 N–H and O–H groups in total. The molecule has 1 amide bonds. The highest BCUT2D eigenvalue weighted by atomic mass is 16.6. The Bertz CT molecular complexity index is 646. The van der Waals surface area contributed by atoms with Crippen molar-refractivity contribution in [2.24, 2.45) is 0 Å². The second-order valence-electron chi connectivity index (χ2n) is 6.89. The smallest absolute Gasteiger partial charge is 0.344 e. The van der Waals surface area contributed by atoms with E-state index in [1.54, 1.807) is 6.92 Å². The molecule has 0 fully saturated rings. The van der Waals surface area contributed by atoms with Gasteiger partial charge >= 0.3 is 5.97 Å². The summed E-state index contributed by atoms with van der Waals surface area (Å²) in [6.45, 7) is 5.87. The van der Waals surface area contributed by atoms with Crippen LogP contribution in [0.15, 0.2) is 29.8 Å². The van der Waals surface area contributed by atoms with Crippen LogP contribution in [-0.4, -0.2) is 31.1 Å². The number of benzene rings is 1. The Balaban J connectivity index is 1.68. The lowest BCUT2D eigenvalue weighted by atomic mass is 9.97. The SMILES string of the molecule is Cc1cc(C)cc(OCC(=O)O[C@H](C)C(=O)NCCC2=CCCCC2)c1. The van der Waals surface area contributed by atoms with Crippen LogP contribution in [0.5, 0.6) is 5.75 Å². The third-order valence-electron chi connectivity index (χ3n) is 4.36. The lowest BCUT2D eigenvalue weighted by Gasteiger charge is -2.16. The number of aryl methyl sites for hydroxylation is 2. The molecule has 1 aliphatic rings. The zero-order valence-electron chi connectivity index (χ0n) is 16.0. The highest BCUT2D eigenvalue weighted by Gasteiger charge is 2.18. The van der Waals surface area contributed by atoms with Gasteiger partial charge < -0.3 is 14.8 Å². The molecule has 0 aliphatic heterocycles. The van der Waals surface area contributed by atoms with Crippen LogP contribution in [0, 0.1) is 13.8 Å².